The molecule has 0 saturated carbocycles. The van der Waals surface area contributed by atoms with Crippen LogP contribution in [0.5, 0.6) is 0 Å². The van der Waals surface area contributed by atoms with E-state index in [1.807, 2.05) is 0 Å². The zero-order valence-corrected chi connectivity index (χ0v) is 13.3. The molecule has 2 aliphatic heterocycles. The second kappa shape index (κ2) is 5.93. The number of hydrogen-bond acceptors (Lipinski definition) is 4. The van der Waals surface area contributed by atoms with Crippen molar-refractivity contribution in [1.29, 1.82) is 0 Å². The van der Waals surface area contributed by atoms with Crippen molar-refractivity contribution in [2.45, 2.75) is 24.1 Å². The van der Waals surface area contributed by atoms with Crippen molar-refractivity contribution in [3.63, 3.8) is 0 Å². The summed E-state index contributed by atoms with van der Waals surface area (Å²) in [5.74, 6) is -1.31. The molecule has 3 rings (SSSR count). The lowest BCUT2D eigenvalue weighted by Gasteiger charge is -2.40. The zero-order valence-electron chi connectivity index (χ0n) is 12.5. The van der Waals surface area contributed by atoms with Gasteiger partial charge in [0.05, 0.1) is 0 Å². The van der Waals surface area contributed by atoms with Gasteiger partial charge in [0.2, 0.25) is 10.0 Å². The van der Waals surface area contributed by atoms with E-state index in [0.717, 1.165) is 4.31 Å². The van der Waals surface area contributed by atoms with Gasteiger partial charge in [-0.3, -0.25) is 9.59 Å². The molecule has 0 spiro atoms. The summed E-state index contributed by atoms with van der Waals surface area (Å²) in [5.41, 5.74) is 0.521. The van der Waals surface area contributed by atoms with Gasteiger partial charge >= 0.3 is 5.97 Å². The third-order valence-electron chi connectivity index (χ3n) is 4.39. The number of nitrogens with zero attached hydrogens (tertiary/aromatic N) is 2. The number of benzene rings is 1. The SMILES string of the molecule is O=C(O)[C@@H]1CCCN1S(=O)(=O)C1CN(C(=O)c2ccccc2)C1. The Morgan fingerprint density at radius 1 is 1.13 bits per heavy atom. The number of amides is 1. The second-order valence-electron chi connectivity index (χ2n) is 5.85. The molecule has 0 radical (unpaired) electrons. The number of carboxylic acid groups (broad SMARTS) is 1. The number of carbonyl (C=O) groups excluding carboxylic acids is 1. The average molecular weight is 338 g/mol. The normalized spacial score (nSPS) is 22.8. The van der Waals surface area contributed by atoms with Gasteiger partial charge < -0.3 is 10.0 Å². The minimum atomic E-state index is -3.69. The molecule has 2 heterocycles. The Balaban J connectivity index is 1.66. The highest BCUT2D eigenvalue weighted by Crippen LogP contribution is 2.28. The predicted molar refractivity (Wildman–Crippen MR) is 82.4 cm³/mol. The summed E-state index contributed by atoms with van der Waals surface area (Å²) in [6.45, 7) is 0.459. The molecule has 23 heavy (non-hydrogen) atoms. The number of aliphatic carboxylic acids is 1. The first-order chi connectivity index (χ1) is 10.9. The molecule has 124 valence electrons. The number of hydrogen-bond donors (Lipinski definition) is 1. The van der Waals surface area contributed by atoms with Crippen LogP contribution in [0.2, 0.25) is 0 Å². The Morgan fingerprint density at radius 3 is 2.39 bits per heavy atom. The van der Waals surface area contributed by atoms with Crippen molar-refractivity contribution in [3.05, 3.63) is 35.9 Å². The Kier molecular flexibility index (Phi) is 4.11. The molecule has 1 aromatic carbocycles. The number of rotatable bonds is 4. The summed E-state index contributed by atoms with van der Waals surface area (Å²) in [6, 6.07) is 7.71. The van der Waals surface area contributed by atoms with Crippen molar-refractivity contribution < 1.29 is 23.1 Å². The minimum Gasteiger partial charge on any atom is -0.480 e. The molecule has 1 amide bonds. The third-order valence-corrected chi connectivity index (χ3v) is 6.62. The van der Waals surface area contributed by atoms with Gasteiger partial charge in [0.15, 0.2) is 0 Å². The summed E-state index contributed by atoms with van der Waals surface area (Å²) < 4.78 is 26.2. The largest absolute Gasteiger partial charge is 0.480 e. The first-order valence-electron chi connectivity index (χ1n) is 7.49. The summed E-state index contributed by atoms with van der Waals surface area (Å²) in [6.07, 6.45) is 0.892. The van der Waals surface area contributed by atoms with Crippen LogP contribution < -0.4 is 0 Å². The predicted octanol–water partition coefficient (Wildman–Crippen LogP) is 0.390. The Labute approximate surface area is 134 Å². The van der Waals surface area contributed by atoms with Gasteiger partial charge in [-0.2, -0.15) is 4.31 Å². The van der Waals surface area contributed by atoms with E-state index in [2.05, 4.69) is 0 Å². The van der Waals surface area contributed by atoms with Crippen LogP contribution in [0.25, 0.3) is 0 Å². The molecule has 0 aliphatic carbocycles. The maximum Gasteiger partial charge on any atom is 0.322 e. The van der Waals surface area contributed by atoms with E-state index in [-0.39, 0.29) is 25.5 Å². The van der Waals surface area contributed by atoms with Gasteiger partial charge in [0.1, 0.15) is 11.3 Å². The molecule has 1 atom stereocenters. The number of carboxylic acids is 1. The van der Waals surface area contributed by atoms with Crippen LogP contribution in [-0.4, -0.2) is 65.5 Å². The fourth-order valence-corrected chi connectivity index (χ4v) is 5.09. The van der Waals surface area contributed by atoms with E-state index in [1.54, 1.807) is 30.3 Å². The van der Waals surface area contributed by atoms with E-state index in [9.17, 15) is 18.0 Å². The van der Waals surface area contributed by atoms with Crippen molar-refractivity contribution >= 4 is 21.9 Å². The van der Waals surface area contributed by atoms with Gasteiger partial charge in [-0.05, 0) is 25.0 Å². The molecule has 7 nitrogen and oxygen atoms in total. The van der Waals surface area contributed by atoms with Gasteiger partial charge in [0, 0.05) is 25.2 Å². The molecule has 1 aromatic rings. The monoisotopic (exact) mass is 338 g/mol. The Bertz CT molecular complexity index is 713. The molecule has 0 unspecified atom stereocenters. The fourth-order valence-electron chi connectivity index (χ4n) is 3.04. The lowest BCUT2D eigenvalue weighted by molar-refractivity contribution is -0.140. The van der Waals surface area contributed by atoms with Crippen LogP contribution in [0.1, 0.15) is 23.2 Å². The highest BCUT2D eigenvalue weighted by Gasteiger charge is 2.47. The van der Waals surface area contributed by atoms with Crippen LogP contribution in [0.4, 0.5) is 0 Å². The van der Waals surface area contributed by atoms with Gasteiger partial charge in [-0.15, -0.1) is 0 Å². The van der Waals surface area contributed by atoms with E-state index in [0.29, 0.717) is 18.4 Å². The Hall–Kier alpha value is -1.93. The van der Waals surface area contributed by atoms with Crippen molar-refractivity contribution in [3.8, 4) is 0 Å². The summed E-state index contributed by atoms with van der Waals surface area (Å²) in [4.78, 5) is 24.9. The van der Waals surface area contributed by atoms with Gasteiger partial charge in [-0.1, -0.05) is 18.2 Å². The second-order valence-corrected chi connectivity index (χ2v) is 8.02. The molecule has 2 aliphatic rings. The molecule has 1 N–H and O–H groups in total. The zero-order chi connectivity index (χ0) is 16.6. The van der Waals surface area contributed by atoms with E-state index in [1.165, 1.54) is 4.90 Å². The molecule has 0 aromatic heterocycles. The molecule has 0 bridgehead atoms. The van der Waals surface area contributed by atoms with E-state index < -0.39 is 27.3 Å². The lowest BCUT2D eigenvalue weighted by atomic mass is 10.1. The van der Waals surface area contributed by atoms with Gasteiger partial charge in [-0.25, -0.2) is 8.42 Å². The number of likely N-dealkylation sites (tertiary alicyclic amines) is 1. The molecule has 2 saturated heterocycles. The number of carbonyl (C=O) groups is 2. The fraction of sp³-hybridized carbons (Fsp3) is 0.467. The van der Waals surface area contributed by atoms with Gasteiger partial charge in [0.25, 0.3) is 5.91 Å². The minimum absolute atomic E-state index is 0.110. The third kappa shape index (κ3) is 2.84. The van der Waals surface area contributed by atoms with Crippen LogP contribution in [-0.2, 0) is 14.8 Å². The van der Waals surface area contributed by atoms with Crippen LogP contribution in [0, 0.1) is 0 Å². The van der Waals surface area contributed by atoms with Crippen molar-refractivity contribution in [2.24, 2.45) is 0 Å². The standard InChI is InChI=1S/C15H18N2O5S/c18-14(11-5-2-1-3-6-11)16-9-12(10-16)23(21,22)17-8-4-7-13(17)15(19)20/h1-3,5-6,12-13H,4,7-10H2,(H,19,20)/t13-/m0/s1. The van der Waals surface area contributed by atoms with E-state index in [4.69, 9.17) is 5.11 Å². The smallest absolute Gasteiger partial charge is 0.322 e. The first-order valence-corrected chi connectivity index (χ1v) is 8.99. The first kappa shape index (κ1) is 15.9. The molecular formula is C15H18N2O5S. The highest BCUT2D eigenvalue weighted by atomic mass is 32.2. The molecule has 8 heteroatoms. The molecular weight excluding hydrogens is 320 g/mol. The van der Waals surface area contributed by atoms with Crippen molar-refractivity contribution in [2.75, 3.05) is 19.6 Å². The average Bonchev–Trinajstić information content (AvgIpc) is 2.96. The topological polar surface area (TPSA) is 95.0 Å². The maximum atomic E-state index is 12.6. The van der Waals surface area contributed by atoms with Crippen LogP contribution in [0.3, 0.4) is 0 Å². The summed E-state index contributed by atoms with van der Waals surface area (Å²) >= 11 is 0. The maximum absolute atomic E-state index is 12.6. The van der Waals surface area contributed by atoms with Crippen LogP contribution >= 0.6 is 0 Å². The van der Waals surface area contributed by atoms with Crippen LogP contribution in [0.15, 0.2) is 30.3 Å². The lowest BCUT2D eigenvalue weighted by Crippen LogP contribution is -2.60. The van der Waals surface area contributed by atoms with Crippen molar-refractivity contribution in [1.82, 2.24) is 9.21 Å². The highest BCUT2D eigenvalue weighted by molar-refractivity contribution is 7.89. The summed E-state index contributed by atoms with van der Waals surface area (Å²) in [7, 11) is -3.69. The summed E-state index contributed by atoms with van der Waals surface area (Å²) in [5, 5.41) is 8.42. The molecule has 2 fully saturated rings. The quantitative estimate of drug-likeness (QED) is 0.857. The Morgan fingerprint density at radius 2 is 1.78 bits per heavy atom. The van der Waals surface area contributed by atoms with E-state index >= 15 is 0 Å². The number of sulfonamides is 1.